The summed E-state index contributed by atoms with van der Waals surface area (Å²) in [4.78, 5) is 6.95. The molecule has 0 amide bonds. The molecule has 21 heavy (non-hydrogen) atoms. The van der Waals surface area contributed by atoms with Gasteiger partial charge >= 0.3 is 0 Å². The lowest BCUT2D eigenvalue weighted by molar-refractivity contribution is 0.0611. The fraction of sp³-hybridized carbons (Fsp3) is 0.706. The predicted octanol–water partition coefficient (Wildman–Crippen LogP) is 3.01. The van der Waals surface area contributed by atoms with Gasteiger partial charge in [0.2, 0.25) is 0 Å². The van der Waals surface area contributed by atoms with Gasteiger partial charge in [-0.05, 0) is 58.0 Å². The summed E-state index contributed by atoms with van der Waals surface area (Å²) in [7, 11) is 1.69. The Hall–Kier alpha value is -1.13. The molecule has 0 saturated carbocycles. The van der Waals surface area contributed by atoms with Crippen LogP contribution in [-0.4, -0.2) is 42.2 Å². The molecule has 0 aromatic carbocycles. The molecule has 1 unspecified atom stereocenters. The zero-order chi connectivity index (χ0) is 15.3. The van der Waals surface area contributed by atoms with Crippen molar-refractivity contribution in [1.29, 1.82) is 0 Å². The van der Waals surface area contributed by atoms with Crippen molar-refractivity contribution >= 4 is 0 Å². The average Bonchev–Trinajstić information content (AvgIpc) is 2.53. The maximum Gasteiger partial charge on any atom is 0.137 e. The normalized spacial score (nSPS) is 18.5. The maximum atomic E-state index is 5.34. The number of hydrogen-bond acceptors (Lipinski definition) is 4. The first-order valence-corrected chi connectivity index (χ1v) is 8.07. The molecule has 1 saturated heterocycles. The van der Waals surface area contributed by atoms with E-state index < -0.39 is 0 Å². The van der Waals surface area contributed by atoms with E-state index in [1.54, 1.807) is 13.3 Å². The van der Waals surface area contributed by atoms with Gasteiger partial charge in [0.25, 0.3) is 0 Å². The Balaban J connectivity index is 2.27. The summed E-state index contributed by atoms with van der Waals surface area (Å²) in [6.45, 7) is 10.2. The van der Waals surface area contributed by atoms with E-state index in [0.29, 0.717) is 0 Å². The number of aromatic nitrogens is 1. The summed E-state index contributed by atoms with van der Waals surface area (Å²) in [5.41, 5.74) is 1.26. The van der Waals surface area contributed by atoms with Crippen LogP contribution in [0, 0.1) is 0 Å². The maximum absolute atomic E-state index is 5.34. The second-order valence-corrected chi connectivity index (χ2v) is 6.35. The molecule has 1 aromatic rings. The Labute approximate surface area is 128 Å². The van der Waals surface area contributed by atoms with E-state index in [2.05, 4.69) is 42.0 Å². The molecule has 0 radical (unpaired) electrons. The Morgan fingerprint density at radius 3 is 2.62 bits per heavy atom. The van der Waals surface area contributed by atoms with Crippen LogP contribution in [0.15, 0.2) is 18.5 Å². The van der Waals surface area contributed by atoms with Crippen molar-refractivity contribution in [2.24, 2.45) is 0 Å². The number of pyridine rings is 1. The van der Waals surface area contributed by atoms with Crippen LogP contribution < -0.4 is 10.1 Å². The smallest absolute Gasteiger partial charge is 0.137 e. The number of nitrogens with zero attached hydrogens (tertiary/aromatic N) is 2. The zero-order valence-corrected chi connectivity index (χ0v) is 13.9. The highest BCUT2D eigenvalue weighted by atomic mass is 16.5. The minimum atomic E-state index is 0.0600. The van der Waals surface area contributed by atoms with Gasteiger partial charge < -0.3 is 10.1 Å². The fourth-order valence-electron chi connectivity index (χ4n) is 3.34. The number of likely N-dealkylation sites (N-methyl/N-ethyl adjacent to an activating group) is 1. The lowest BCUT2D eigenvalue weighted by Gasteiger charge is -2.46. The molecule has 1 aliphatic rings. The van der Waals surface area contributed by atoms with Gasteiger partial charge in [-0.25, -0.2) is 0 Å². The summed E-state index contributed by atoms with van der Waals surface area (Å²) in [6, 6.07) is 2.36. The topological polar surface area (TPSA) is 37.4 Å². The van der Waals surface area contributed by atoms with Crippen molar-refractivity contribution in [2.75, 3.05) is 26.7 Å². The molecular weight excluding hydrogens is 262 g/mol. The SMILES string of the molecule is CCNC(c1cncc(OC)c1)C(C)(C)N1CCCCC1. The van der Waals surface area contributed by atoms with Crippen LogP contribution in [0.25, 0.3) is 0 Å². The summed E-state index contributed by atoms with van der Waals surface area (Å²) in [5, 5.41) is 3.65. The second-order valence-electron chi connectivity index (χ2n) is 6.35. The third-order valence-corrected chi connectivity index (χ3v) is 4.59. The molecule has 1 aromatic heterocycles. The van der Waals surface area contributed by atoms with Crippen LogP contribution in [0.5, 0.6) is 5.75 Å². The van der Waals surface area contributed by atoms with Crippen molar-refractivity contribution in [1.82, 2.24) is 15.2 Å². The number of methoxy groups -OCH3 is 1. The van der Waals surface area contributed by atoms with E-state index in [1.165, 1.54) is 37.9 Å². The first-order chi connectivity index (χ1) is 10.1. The summed E-state index contributed by atoms with van der Waals surface area (Å²) in [6.07, 6.45) is 7.69. The van der Waals surface area contributed by atoms with E-state index in [4.69, 9.17) is 4.74 Å². The Bertz CT molecular complexity index is 441. The Kier molecular flexibility index (Phi) is 5.59. The van der Waals surface area contributed by atoms with Crippen LogP contribution in [0.2, 0.25) is 0 Å². The van der Waals surface area contributed by atoms with Crippen molar-refractivity contribution in [2.45, 2.75) is 51.6 Å². The van der Waals surface area contributed by atoms with Gasteiger partial charge in [-0.2, -0.15) is 0 Å². The number of piperidine rings is 1. The minimum Gasteiger partial charge on any atom is -0.495 e. The molecule has 1 N–H and O–H groups in total. The van der Waals surface area contributed by atoms with Gasteiger partial charge in [0.05, 0.1) is 19.3 Å². The minimum absolute atomic E-state index is 0.0600. The fourth-order valence-corrected chi connectivity index (χ4v) is 3.34. The largest absolute Gasteiger partial charge is 0.495 e. The number of nitrogens with one attached hydrogen (secondary N) is 1. The van der Waals surface area contributed by atoms with Gasteiger partial charge in [0.15, 0.2) is 0 Å². The lowest BCUT2D eigenvalue weighted by Crippen LogP contribution is -2.54. The molecule has 4 nitrogen and oxygen atoms in total. The predicted molar refractivity (Wildman–Crippen MR) is 86.7 cm³/mol. The standard InChI is InChI=1S/C17H29N3O/c1-5-19-16(14-11-15(21-4)13-18-12-14)17(2,3)20-9-7-6-8-10-20/h11-13,16,19H,5-10H2,1-4H3. The summed E-state index contributed by atoms with van der Waals surface area (Å²) < 4.78 is 5.34. The van der Waals surface area contributed by atoms with E-state index in [-0.39, 0.29) is 11.6 Å². The van der Waals surface area contributed by atoms with E-state index in [0.717, 1.165) is 12.3 Å². The first-order valence-electron chi connectivity index (χ1n) is 8.07. The molecule has 4 heteroatoms. The molecule has 0 bridgehead atoms. The molecule has 1 aliphatic heterocycles. The Morgan fingerprint density at radius 2 is 2.00 bits per heavy atom. The first kappa shape index (κ1) is 16.2. The third-order valence-electron chi connectivity index (χ3n) is 4.59. The van der Waals surface area contributed by atoms with Crippen molar-refractivity contribution in [3.63, 3.8) is 0 Å². The monoisotopic (exact) mass is 291 g/mol. The molecule has 1 atom stereocenters. The number of likely N-dealkylation sites (tertiary alicyclic amines) is 1. The van der Waals surface area contributed by atoms with Gasteiger partial charge in [0.1, 0.15) is 5.75 Å². The third kappa shape index (κ3) is 3.74. The van der Waals surface area contributed by atoms with Gasteiger partial charge in [-0.1, -0.05) is 13.3 Å². The van der Waals surface area contributed by atoms with Crippen molar-refractivity contribution < 1.29 is 4.74 Å². The second kappa shape index (κ2) is 7.23. The van der Waals surface area contributed by atoms with Crippen molar-refractivity contribution in [3.8, 4) is 5.75 Å². The van der Waals surface area contributed by atoms with Gasteiger partial charge in [-0.15, -0.1) is 0 Å². The van der Waals surface area contributed by atoms with Crippen LogP contribution in [0.1, 0.15) is 51.6 Å². The molecular formula is C17H29N3O. The molecule has 0 aliphatic carbocycles. The summed E-state index contributed by atoms with van der Waals surface area (Å²) >= 11 is 0. The molecule has 0 spiro atoms. The number of rotatable bonds is 6. The quantitative estimate of drug-likeness (QED) is 0.874. The number of hydrogen-bond donors (Lipinski definition) is 1. The van der Waals surface area contributed by atoms with Crippen LogP contribution in [0.4, 0.5) is 0 Å². The zero-order valence-electron chi connectivity index (χ0n) is 13.9. The average molecular weight is 291 g/mol. The lowest BCUT2D eigenvalue weighted by atomic mass is 9.86. The molecule has 2 heterocycles. The van der Waals surface area contributed by atoms with E-state index >= 15 is 0 Å². The summed E-state index contributed by atoms with van der Waals surface area (Å²) in [5.74, 6) is 0.824. The van der Waals surface area contributed by atoms with Crippen LogP contribution >= 0.6 is 0 Å². The highest BCUT2D eigenvalue weighted by Gasteiger charge is 2.36. The Morgan fingerprint density at radius 1 is 1.29 bits per heavy atom. The molecule has 118 valence electrons. The molecule has 2 rings (SSSR count). The highest BCUT2D eigenvalue weighted by molar-refractivity contribution is 5.28. The van der Waals surface area contributed by atoms with E-state index in [1.807, 2.05) is 6.20 Å². The van der Waals surface area contributed by atoms with Gasteiger partial charge in [0, 0.05) is 11.7 Å². The molecule has 1 fully saturated rings. The van der Waals surface area contributed by atoms with E-state index in [9.17, 15) is 0 Å². The van der Waals surface area contributed by atoms with Crippen LogP contribution in [0.3, 0.4) is 0 Å². The van der Waals surface area contributed by atoms with Crippen molar-refractivity contribution in [3.05, 3.63) is 24.0 Å². The van der Waals surface area contributed by atoms with Crippen LogP contribution in [-0.2, 0) is 0 Å². The number of ether oxygens (including phenoxy) is 1. The van der Waals surface area contributed by atoms with Gasteiger partial charge in [-0.3, -0.25) is 9.88 Å². The highest BCUT2D eigenvalue weighted by Crippen LogP contribution is 2.33.